The maximum atomic E-state index is 11.5. The summed E-state index contributed by atoms with van der Waals surface area (Å²) in [5.74, 6) is -1.08. The molecule has 14 heavy (non-hydrogen) atoms. The quantitative estimate of drug-likeness (QED) is 0.668. The molecule has 1 aromatic heterocycles. The Labute approximate surface area is 79.8 Å². The van der Waals surface area contributed by atoms with Gasteiger partial charge in [0, 0.05) is 0 Å². The minimum Gasteiger partial charge on any atom is -0.481 e. The lowest BCUT2D eigenvalue weighted by molar-refractivity contribution is -0.138. The molecule has 1 aliphatic rings. The van der Waals surface area contributed by atoms with Crippen molar-refractivity contribution in [1.82, 2.24) is 9.97 Å². The summed E-state index contributed by atoms with van der Waals surface area (Å²) in [4.78, 5) is 29.0. The van der Waals surface area contributed by atoms with Crippen LogP contribution in [-0.2, 0) is 11.2 Å². The summed E-state index contributed by atoms with van der Waals surface area (Å²) in [5.41, 5.74) is 0.666. The van der Waals surface area contributed by atoms with E-state index in [1.165, 1.54) is 0 Å². The second-order valence-electron chi connectivity index (χ2n) is 3.44. The monoisotopic (exact) mass is 194 g/mol. The molecule has 0 saturated carbocycles. The van der Waals surface area contributed by atoms with E-state index >= 15 is 0 Å². The molecule has 1 aromatic rings. The maximum Gasteiger partial charge on any atom is 0.311 e. The van der Waals surface area contributed by atoms with E-state index in [9.17, 15) is 9.59 Å². The van der Waals surface area contributed by atoms with E-state index in [-0.39, 0.29) is 5.56 Å². The number of aliphatic carboxylic acids is 1. The smallest absolute Gasteiger partial charge is 0.311 e. The molecule has 0 spiro atoms. The summed E-state index contributed by atoms with van der Waals surface area (Å²) >= 11 is 0. The van der Waals surface area contributed by atoms with Gasteiger partial charge < -0.3 is 10.1 Å². The molecule has 5 nitrogen and oxygen atoms in total. The molecular weight excluding hydrogens is 184 g/mol. The van der Waals surface area contributed by atoms with Gasteiger partial charge in [-0.15, -0.1) is 0 Å². The number of aromatic amines is 1. The van der Waals surface area contributed by atoms with Crippen molar-refractivity contribution in [1.29, 1.82) is 0 Å². The lowest BCUT2D eigenvalue weighted by atomic mass is 10.1. The van der Waals surface area contributed by atoms with Crippen molar-refractivity contribution in [2.24, 2.45) is 0 Å². The Morgan fingerprint density at radius 3 is 3.00 bits per heavy atom. The number of fused-ring (bicyclic) bond motifs is 1. The second kappa shape index (κ2) is 2.94. The summed E-state index contributed by atoms with van der Waals surface area (Å²) in [6.45, 7) is 1.69. The van der Waals surface area contributed by atoms with Gasteiger partial charge in [0.2, 0.25) is 0 Å². The van der Waals surface area contributed by atoms with Crippen LogP contribution in [0.3, 0.4) is 0 Å². The van der Waals surface area contributed by atoms with E-state index in [1.54, 1.807) is 6.92 Å². The average Bonchev–Trinajstić information content (AvgIpc) is 2.47. The Morgan fingerprint density at radius 2 is 2.36 bits per heavy atom. The number of H-pyrrole nitrogens is 1. The third-order valence-electron chi connectivity index (χ3n) is 2.47. The number of hydrogen-bond acceptors (Lipinski definition) is 3. The van der Waals surface area contributed by atoms with E-state index in [0.29, 0.717) is 29.9 Å². The number of aromatic nitrogens is 2. The van der Waals surface area contributed by atoms with Crippen LogP contribution in [0.5, 0.6) is 0 Å². The first-order chi connectivity index (χ1) is 6.59. The van der Waals surface area contributed by atoms with Gasteiger partial charge in [-0.1, -0.05) is 0 Å². The number of aryl methyl sites for hydroxylation is 2. The molecule has 0 bridgehead atoms. The van der Waals surface area contributed by atoms with Gasteiger partial charge in [0.15, 0.2) is 0 Å². The molecule has 1 aliphatic carbocycles. The molecule has 0 aliphatic heterocycles. The number of nitrogens with one attached hydrogen (secondary N) is 1. The maximum absolute atomic E-state index is 11.5. The number of carbonyl (C=O) groups is 1. The highest BCUT2D eigenvalue weighted by atomic mass is 16.4. The third-order valence-corrected chi connectivity index (χ3v) is 2.47. The Balaban J connectivity index is 2.60. The van der Waals surface area contributed by atoms with E-state index in [1.807, 2.05) is 0 Å². The van der Waals surface area contributed by atoms with Crippen LogP contribution < -0.4 is 5.56 Å². The van der Waals surface area contributed by atoms with E-state index in [0.717, 1.165) is 0 Å². The first-order valence-corrected chi connectivity index (χ1v) is 4.42. The molecule has 1 atom stereocenters. The van der Waals surface area contributed by atoms with Crippen molar-refractivity contribution in [3.05, 3.63) is 27.4 Å². The van der Waals surface area contributed by atoms with Gasteiger partial charge >= 0.3 is 5.97 Å². The van der Waals surface area contributed by atoms with Crippen LogP contribution >= 0.6 is 0 Å². The van der Waals surface area contributed by atoms with Crippen molar-refractivity contribution in [3.8, 4) is 0 Å². The van der Waals surface area contributed by atoms with Crippen molar-refractivity contribution in [2.45, 2.75) is 25.7 Å². The lowest BCUT2D eigenvalue weighted by Crippen LogP contribution is -2.21. The van der Waals surface area contributed by atoms with Crippen LogP contribution in [0.2, 0.25) is 0 Å². The first-order valence-electron chi connectivity index (χ1n) is 4.42. The zero-order valence-corrected chi connectivity index (χ0v) is 7.70. The van der Waals surface area contributed by atoms with Gasteiger partial charge in [-0.3, -0.25) is 9.59 Å². The number of hydrogen-bond donors (Lipinski definition) is 2. The number of nitrogens with zero attached hydrogens (tertiary/aromatic N) is 1. The molecule has 5 heteroatoms. The molecule has 0 aromatic carbocycles. The minimum absolute atomic E-state index is 0.308. The highest BCUT2D eigenvalue weighted by Gasteiger charge is 2.32. The van der Waals surface area contributed by atoms with E-state index in [4.69, 9.17) is 5.11 Å². The highest BCUT2D eigenvalue weighted by molar-refractivity contribution is 5.77. The lowest BCUT2D eigenvalue weighted by Gasteiger charge is -2.03. The predicted molar refractivity (Wildman–Crippen MR) is 48.3 cm³/mol. The molecule has 0 radical (unpaired) electrons. The SMILES string of the molecule is Cc1nc2c(c(=O)[nH]1)C(C(=O)O)CC2. The molecule has 0 amide bonds. The van der Waals surface area contributed by atoms with Crippen LogP contribution in [0.1, 0.15) is 29.4 Å². The van der Waals surface area contributed by atoms with Crippen LogP contribution in [0.25, 0.3) is 0 Å². The number of carboxylic acid groups (broad SMARTS) is 1. The van der Waals surface area contributed by atoms with Gasteiger partial charge in [0.05, 0.1) is 17.2 Å². The van der Waals surface area contributed by atoms with Crippen LogP contribution in [0.15, 0.2) is 4.79 Å². The zero-order valence-electron chi connectivity index (χ0n) is 7.70. The fraction of sp³-hybridized carbons (Fsp3) is 0.444. The van der Waals surface area contributed by atoms with Crippen molar-refractivity contribution in [3.63, 3.8) is 0 Å². The summed E-state index contributed by atoms with van der Waals surface area (Å²) in [7, 11) is 0. The second-order valence-corrected chi connectivity index (χ2v) is 3.44. The van der Waals surface area contributed by atoms with E-state index < -0.39 is 11.9 Å². The topological polar surface area (TPSA) is 83.0 Å². The molecule has 2 rings (SSSR count). The van der Waals surface area contributed by atoms with Crippen LogP contribution in [0.4, 0.5) is 0 Å². The highest BCUT2D eigenvalue weighted by Crippen LogP contribution is 2.28. The average molecular weight is 194 g/mol. The normalized spacial score (nSPS) is 19.4. The summed E-state index contributed by atoms with van der Waals surface area (Å²) in [5, 5.41) is 8.87. The summed E-state index contributed by atoms with van der Waals surface area (Å²) < 4.78 is 0. The van der Waals surface area contributed by atoms with Crippen LogP contribution in [-0.4, -0.2) is 21.0 Å². The fourth-order valence-electron chi connectivity index (χ4n) is 1.88. The van der Waals surface area contributed by atoms with E-state index in [2.05, 4.69) is 9.97 Å². The largest absolute Gasteiger partial charge is 0.481 e. The number of rotatable bonds is 1. The first kappa shape index (κ1) is 8.93. The molecule has 74 valence electrons. The molecule has 0 saturated heterocycles. The summed E-state index contributed by atoms with van der Waals surface area (Å²) in [6.07, 6.45) is 1.06. The molecule has 0 fully saturated rings. The van der Waals surface area contributed by atoms with Crippen molar-refractivity contribution in [2.75, 3.05) is 0 Å². The Bertz CT molecular complexity index is 450. The van der Waals surface area contributed by atoms with Gasteiger partial charge in [-0.25, -0.2) is 4.98 Å². The van der Waals surface area contributed by atoms with Crippen molar-refractivity contribution < 1.29 is 9.90 Å². The van der Waals surface area contributed by atoms with Gasteiger partial charge in [-0.2, -0.15) is 0 Å². The zero-order chi connectivity index (χ0) is 10.3. The molecular formula is C9H10N2O3. The standard InChI is InChI=1S/C9H10N2O3/c1-4-10-6-3-2-5(9(13)14)7(6)8(12)11-4/h5H,2-3H2,1H3,(H,13,14)(H,10,11,12). The van der Waals surface area contributed by atoms with Gasteiger partial charge in [-0.05, 0) is 19.8 Å². The fourth-order valence-corrected chi connectivity index (χ4v) is 1.88. The Kier molecular flexibility index (Phi) is 1.87. The number of carboxylic acids is 1. The minimum atomic E-state index is -0.945. The molecule has 1 unspecified atom stereocenters. The Hall–Kier alpha value is -1.65. The van der Waals surface area contributed by atoms with Gasteiger partial charge in [0.25, 0.3) is 5.56 Å². The van der Waals surface area contributed by atoms with Crippen molar-refractivity contribution >= 4 is 5.97 Å². The van der Waals surface area contributed by atoms with Crippen LogP contribution in [0, 0.1) is 6.92 Å². The molecule has 1 heterocycles. The Morgan fingerprint density at radius 1 is 1.64 bits per heavy atom. The summed E-state index contributed by atoms with van der Waals surface area (Å²) in [6, 6.07) is 0. The molecule has 2 N–H and O–H groups in total. The van der Waals surface area contributed by atoms with Gasteiger partial charge in [0.1, 0.15) is 5.82 Å². The third kappa shape index (κ3) is 1.21. The predicted octanol–water partition coefficient (Wildman–Crippen LogP) is 0.193.